The van der Waals surface area contributed by atoms with Gasteiger partial charge in [-0.25, -0.2) is 19.8 Å². The number of rotatable bonds is 6. The molecule has 11 nitrogen and oxygen atoms in total. The van der Waals surface area contributed by atoms with Crippen LogP contribution in [-0.4, -0.2) is 74.6 Å². The summed E-state index contributed by atoms with van der Waals surface area (Å²) < 4.78 is 21.6. The van der Waals surface area contributed by atoms with E-state index in [-0.39, 0.29) is 41.5 Å². The summed E-state index contributed by atoms with van der Waals surface area (Å²) in [5, 5.41) is 6.37. The minimum absolute atomic E-state index is 0.0266. The first-order chi connectivity index (χ1) is 16.7. The Kier molecular flexibility index (Phi) is 5.01. The second-order valence-electron chi connectivity index (χ2n) is 8.83. The third kappa shape index (κ3) is 3.89. The van der Waals surface area contributed by atoms with Crippen molar-refractivity contribution in [2.24, 2.45) is 0 Å². The zero-order valence-corrected chi connectivity index (χ0v) is 18.6. The van der Waals surface area contributed by atoms with E-state index in [0.717, 1.165) is 35.5 Å². The third-order valence-corrected chi connectivity index (χ3v) is 5.95. The molecule has 0 bridgehead atoms. The molecule has 1 aromatic heterocycles. The van der Waals surface area contributed by atoms with E-state index < -0.39 is 42.0 Å². The van der Waals surface area contributed by atoms with Gasteiger partial charge in [0, 0.05) is 12.1 Å². The molecule has 4 heterocycles. The van der Waals surface area contributed by atoms with Gasteiger partial charge in [0.1, 0.15) is 37.2 Å². The molecular formula is C22H24FN7O4. The van der Waals surface area contributed by atoms with Crippen LogP contribution in [0.4, 0.5) is 10.2 Å². The maximum Gasteiger partial charge on any atom is 0.274 e. The molecule has 12 heteroatoms. The maximum atomic E-state index is 13.4. The van der Waals surface area contributed by atoms with Gasteiger partial charge in [-0.3, -0.25) is 19.2 Å². The molecule has 0 radical (unpaired) electrons. The van der Waals surface area contributed by atoms with E-state index >= 15 is 0 Å². The van der Waals surface area contributed by atoms with Gasteiger partial charge in [0.2, 0.25) is 11.8 Å². The highest BCUT2D eigenvalue weighted by atomic mass is 19.1. The van der Waals surface area contributed by atoms with Crippen LogP contribution in [-0.2, 0) is 19.2 Å². The largest absolute Gasteiger partial charge is 0.352 e. The van der Waals surface area contributed by atoms with E-state index in [4.69, 9.17) is 1.41 Å². The quantitative estimate of drug-likeness (QED) is 0.526. The van der Waals surface area contributed by atoms with Crippen molar-refractivity contribution in [1.82, 2.24) is 30.5 Å². The van der Waals surface area contributed by atoms with E-state index in [1.807, 2.05) is 13.8 Å². The lowest BCUT2D eigenvalue weighted by Gasteiger charge is -2.35. The normalized spacial score (nSPS) is 22.7. The molecule has 0 spiro atoms. The highest BCUT2D eigenvalue weighted by molar-refractivity contribution is 6.11. The summed E-state index contributed by atoms with van der Waals surface area (Å²) in [6.07, 6.45) is 4.07. The second-order valence-corrected chi connectivity index (χ2v) is 8.83. The lowest BCUT2D eigenvalue weighted by Crippen LogP contribution is -2.53. The number of pyridine rings is 1. The van der Waals surface area contributed by atoms with Crippen LogP contribution in [0.1, 0.15) is 26.7 Å². The first-order valence-corrected chi connectivity index (χ1v) is 11.0. The van der Waals surface area contributed by atoms with Crippen LogP contribution in [0.25, 0.3) is 0 Å². The van der Waals surface area contributed by atoms with E-state index in [0.29, 0.717) is 0 Å². The van der Waals surface area contributed by atoms with Gasteiger partial charge in [-0.2, -0.15) is 0 Å². The standard InChI is InChI=1S/C22H24FN7O4/c1-11(2)28-9-14-19(22(28)34)29(10-17(31)26-16-6-3-12(23)8-24-16)18-7-15(27-30(18)21(14)33)20(32)25-13-4-5-13/h3,6-8,11,13,15,27H,4-5,9-10H2,1-2H3,(H,25,32)(H,24,26,31)/i/hD. The zero-order chi connectivity index (χ0) is 25.0. The van der Waals surface area contributed by atoms with Crippen molar-refractivity contribution >= 4 is 29.4 Å². The predicted molar refractivity (Wildman–Crippen MR) is 116 cm³/mol. The van der Waals surface area contributed by atoms with Gasteiger partial charge >= 0.3 is 0 Å². The maximum absolute atomic E-state index is 13.4. The molecule has 1 aromatic rings. The van der Waals surface area contributed by atoms with E-state index in [9.17, 15) is 23.6 Å². The van der Waals surface area contributed by atoms with Crippen LogP contribution >= 0.6 is 0 Å². The summed E-state index contributed by atoms with van der Waals surface area (Å²) >= 11 is 0. The number of hydrogen-bond acceptors (Lipinski definition) is 7. The van der Waals surface area contributed by atoms with Gasteiger partial charge in [-0.1, -0.05) is 0 Å². The Hall–Kier alpha value is -3.80. The van der Waals surface area contributed by atoms with E-state index in [1.54, 1.807) is 0 Å². The summed E-state index contributed by atoms with van der Waals surface area (Å²) in [5.41, 5.74) is 0.966. The second kappa shape index (κ2) is 8.20. The fourth-order valence-corrected chi connectivity index (χ4v) is 4.06. The highest BCUT2D eigenvalue weighted by Gasteiger charge is 2.49. The van der Waals surface area contributed by atoms with Crippen LogP contribution < -0.4 is 16.1 Å². The lowest BCUT2D eigenvalue weighted by molar-refractivity contribution is -0.133. The van der Waals surface area contributed by atoms with Crippen molar-refractivity contribution in [3.8, 4) is 0 Å². The number of fused-ring (bicyclic) bond motifs is 1. The summed E-state index contributed by atoms with van der Waals surface area (Å²) in [7, 11) is 0. The SMILES string of the molecule is [2H]N1C(C(=O)NC2CC2)C=C2N(CC(=O)Nc3ccc(F)cn3)C3=C(CN(C(C)C)C3=O)C(=O)N21. The molecule has 3 N–H and O–H groups in total. The van der Waals surface area contributed by atoms with Crippen LogP contribution in [0, 0.1) is 5.82 Å². The van der Waals surface area contributed by atoms with Gasteiger partial charge < -0.3 is 20.4 Å². The first-order valence-electron chi connectivity index (χ1n) is 11.5. The number of aromatic nitrogens is 1. The minimum atomic E-state index is -1.10. The minimum Gasteiger partial charge on any atom is -0.352 e. The predicted octanol–water partition coefficient (Wildman–Crippen LogP) is -0.185. The van der Waals surface area contributed by atoms with Crippen LogP contribution in [0.2, 0.25) is 1.41 Å². The Bertz CT molecular complexity index is 1180. The fraction of sp³-hybridized carbons (Fsp3) is 0.409. The van der Waals surface area contributed by atoms with Crippen molar-refractivity contribution in [2.45, 2.75) is 44.8 Å². The molecule has 178 valence electrons. The van der Waals surface area contributed by atoms with Gasteiger partial charge in [0.05, 0.1) is 18.3 Å². The Labute approximate surface area is 196 Å². The van der Waals surface area contributed by atoms with Gasteiger partial charge in [-0.15, -0.1) is 0 Å². The van der Waals surface area contributed by atoms with E-state index in [2.05, 4.69) is 15.6 Å². The van der Waals surface area contributed by atoms with Gasteiger partial charge in [-0.05, 0) is 44.9 Å². The Morgan fingerprint density at radius 1 is 1.29 bits per heavy atom. The average molecular weight is 470 g/mol. The van der Waals surface area contributed by atoms with Gasteiger partial charge in [0.25, 0.3) is 11.8 Å². The molecule has 3 aliphatic heterocycles. The number of carbonyl (C=O) groups excluding carboxylic acids is 4. The van der Waals surface area contributed by atoms with E-state index in [1.165, 1.54) is 21.9 Å². The summed E-state index contributed by atoms with van der Waals surface area (Å²) in [6.45, 7) is 3.26. The van der Waals surface area contributed by atoms with Crippen molar-refractivity contribution in [2.75, 3.05) is 18.4 Å². The molecule has 1 fully saturated rings. The number of amides is 4. The number of nitrogens with zero attached hydrogens (tertiary/aromatic N) is 4. The molecule has 0 saturated heterocycles. The van der Waals surface area contributed by atoms with Crippen molar-refractivity contribution in [3.63, 3.8) is 0 Å². The number of carbonyl (C=O) groups is 4. The molecule has 1 unspecified atom stereocenters. The number of hydrazine groups is 1. The van der Waals surface area contributed by atoms with Crippen molar-refractivity contribution in [3.05, 3.63) is 47.3 Å². The molecule has 4 amide bonds. The number of hydrogen-bond donors (Lipinski definition) is 3. The molecular weight excluding hydrogens is 445 g/mol. The first kappa shape index (κ1) is 20.8. The summed E-state index contributed by atoms with van der Waals surface area (Å²) in [4.78, 5) is 58.9. The van der Waals surface area contributed by atoms with Crippen molar-refractivity contribution < 1.29 is 25.0 Å². The smallest absolute Gasteiger partial charge is 0.274 e. The molecule has 5 rings (SSSR count). The number of nitrogens with one attached hydrogen (secondary N) is 3. The van der Waals surface area contributed by atoms with Crippen LogP contribution in [0.5, 0.6) is 0 Å². The van der Waals surface area contributed by atoms with Crippen LogP contribution in [0.15, 0.2) is 41.5 Å². The molecule has 34 heavy (non-hydrogen) atoms. The number of halogens is 1. The fourth-order valence-electron chi connectivity index (χ4n) is 4.06. The summed E-state index contributed by atoms with van der Waals surface area (Å²) in [5.74, 6) is -2.38. The average Bonchev–Trinajstić information content (AvgIpc) is 3.44. The molecule has 4 aliphatic rings. The lowest BCUT2D eigenvalue weighted by atomic mass is 10.1. The molecule has 1 atom stereocenters. The Morgan fingerprint density at radius 2 is 2.06 bits per heavy atom. The van der Waals surface area contributed by atoms with Gasteiger partial charge in [0.15, 0.2) is 0 Å². The zero-order valence-electron chi connectivity index (χ0n) is 19.6. The molecule has 0 aromatic carbocycles. The Balaban J connectivity index is 1.47. The van der Waals surface area contributed by atoms with Crippen molar-refractivity contribution in [1.29, 1.82) is 0 Å². The number of anilines is 1. The Morgan fingerprint density at radius 3 is 2.71 bits per heavy atom. The topological polar surface area (TPSA) is 127 Å². The monoisotopic (exact) mass is 470 g/mol. The molecule has 1 saturated carbocycles. The van der Waals surface area contributed by atoms with Crippen LogP contribution in [0.3, 0.4) is 0 Å². The third-order valence-electron chi connectivity index (χ3n) is 5.95. The summed E-state index contributed by atoms with van der Waals surface area (Å²) in [6, 6.07) is 1.19. The highest BCUT2D eigenvalue weighted by Crippen LogP contribution is 2.36. The molecule has 1 aliphatic carbocycles.